The van der Waals surface area contributed by atoms with E-state index in [1.54, 1.807) is 20.7 Å². The lowest BCUT2D eigenvalue weighted by Gasteiger charge is -2.20. The van der Waals surface area contributed by atoms with Gasteiger partial charge in [-0.25, -0.2) is 0 Å². The molecule has 1 aromatic heterocycles. The van der Waals surface area contributed by atoms with Crippen molar-refractivity contribution in [2.75, 3.05) is 0 Å². The van der Waals surface area contributed by atoms with Crippen LogP contribution in [0.25, 0.3) is 5.57 Å². The van der Waals surface area contributed by atoms with E-state index in [4.69, 9.17) is 22.7 Å². The molecule has 1 aliphatic rings. The summed E-state index contributed by atoms with van der Waals surface area (Å²) in [6.45, 7) is 2.01. The molecule has 0 aliphatic heterocycles. The molecule has 1 amide bonds. The van der Waals surface area contributed by atoms with Crippen LogP contribution < -0.4 is 5.73 Å². The summed E-state index contributed by atoms with van der Waals surface area (Å²) in [5, 5.41) is 0. The second kappa shape index (κ2) is 7.15. The van der Waals surface area contributed by atoms with E-state index in [-0.39, 0.29) is 0 Å². The lowest BCUT2D eigenvalue weighted by molar-refractivity contribution is -0.127. The molecule has 0 spiro atoms. The molecule has 2 rings (SSSR count). The van der Waals surface area contributed by atoms with Gasteiger partial charge in [0.15, 0.2) is 6.10 Å². The van der Waals surface area contributed by atoms with Gasteiger partial charge in [-0.15, -0.1) is 0 Å². The minimum atomic E-state index is -0.510. The summed E-state index contributed by atoms with van der Waals surface area (Å²) in [5.41, 5.74) is 6.62. The lowest BCUT2D eigenvalue weighted by Crippen LogP contribution is -2.31. The molecule has 0 radical (unpaired) electrons. The highest BCUT2D eigenvalue weighted by atomic mass is 32.9. The van der Waals surface area contributed by atoms with E-state index < -0.39 is 12.0 Å². The maximum Gasteiger partial charge on any atom is 0.258 e. The van der Waals surface area contributed by atoms with Crippen molar-refractivity contribution in [2.45, 2.75) is 38.7 Å². The van der Waals surface area contributed by atoms with Crippen molar-refractivity contribution in [1.82, 2.24) is 0 Å². The number of nitrogens with two attached hydrogens (primary N) is 1. The molecule has 0 fully saturated rings. The van der Waals surface area contributed by atoms with Crippen LogP contribution in [0, 0.1) is 3.82 Å². The smallest absolute Gasteiger partial charge is 0.258 e. The SMILES string of the molecule is CCCC(OC1=CC=C(c2cc(=S)ss2)CC1)C(N)=O. The number of allylic oxidation sites excluding steroid dienone is 4. The fourth-order valence-electron chi connectivity index (χ4n) is 2.01. The second-order valence-electron chi connectivity index (χ2n) is 4.62. The van der Waals surface area contributed by atoms with Crippen molar-refractivity contribution in [1.29, 1.82) is 0 Å². The Morgan fingerprint density at radius 3 is 2.75 bits per heavy atom. The van der Waals surface area contributed by atoms with Gasteiger partial charge in [-0.3, -0.25) is 4.79 Å². The third kappa shape index (κ3) is 4.01. The average Bonchev–Trinajstić information content (AvgIpc) is 2.85. The summed E-state index contributed by atoms with van der Waals surface area (Å²) < 4.78 is 6.63. The summed E-state index contributed by atoms with van der Waals surface area (Å²) in [6.07, 6.45) is 6.73. The quantitative estimate of drug-likeness (QED) is 0.627. The van der Waals surface area contributed by atoms with Gasteiger partial charge >= 0.3 is 0 Å². The molecule has 1 atom stereocenters. The van der Waals surface area contributed by atoms with E-state index in [1.165, 1.54) is 10.5 Å². The Hall–Kier alpha value is -0.980. The van der Waals surface area contributed by atoms with Crippen LogP contribution >= 0.6 is 32.9 Å². The Labute approximate surface area is 131 Å². The van der Waals surface area contributed by atoms with Crippen molar-refractivity contribution in [2.24, 2.45) is 5.73 Å². The van der Waals surface area contributed by atoms with Crippen LogP contribution in [-0.2, 0) is 9.53 Å². The van der Waals surface area contributed by atoms with Gasteiger partial charge in [-0.05, 0) is 30.6 Å². The molecule has 2 N–H and O–H groups in total. The number of carbonyl (C=O) groups is 1. The van der Waals surface area contributed by atoms with Gasteiger partial charge < -0.3 is 10.5 Å². The zero-order valence-corrected chi connectivity index (χ0v) is 13.7. The molecule has 20 heavy (non-hydrogen) atoms. The van der Waals surface area contributed by atoms with Crippen molar-refractivity contribution in [3.63, 3.8) is 0 Å². The molecular weight excluding hydrogens is 310 g/mol. The van der Waals surface area contributed by atoms with E-state index in [9.17, 15) is 4.79 Å². The molecule has 1 unspecified atom stereocenters. The zero-order chi connectivity index (χ0) is 14.5. The van der Waals surface area contributed by atoms with E-state index in [2.05, 4.69) is 6.08 Å². The van der Waals surface area contributed by atoms with Gasteiger partial charge in [0.1, 0.15) is 3.82 Å². The van der Waals surface area contributed by atoms with E-state index in [1.807, 2.05) is 19.1 Å². The summed E-state index contributed by atoms with van der Waals surface area (Å²) in [4.78, 5) is 12.5. The molecule has 1 aliphatic carbocycles. The Morgan fingerprint density at radius 2 is 2.25 bits per heavy atom. The predicted molar refractivity (Wildman–Crippen MR) is 87.3 cm³/mol. The predicted octanol–water partition coefficient (Wildman–Crippen LogP) is 4.27. The van der Waals surface area contributed by atoms with E-state index in [0.717, 1.165) is 28.8 Å². The standard InChI is InChI=1S/C14H17NO2S3/c1-2-3-11(14(15)16)17-10-6-4-9(5-7-10)12-8-13(18)20-19-12/h4,6,8,11H,2-3,5,7H2,1H3,(H2,15,16). The number of hydrogen-bond acceptors (Lipinski definition) is 5. The van der Waals surface area contributed by atoms with Gasteiger partial charge in [0.25, 0.3) is 5.91 Å². The monoisotopic (exact) mass is 327 g/mol. The first kappa shape index (κ1) is 15.4. The van der Waals surface area contributed by atoms with Gasteiger partial charge in [0, 0.05) is 11.3 Å². The first-order valence-electron chi connectivity index (χ1n) is 6.56. The molecule has 0 aromatic carbocycles. The van der Waals surface area contributed by atoms with Crippen LogP contribution in [0.2, 0.25) is 0 Å². The van der Waals surface area contributed by atoms with Gasteiger partial charge in [0.2, 0.25) is 0 Å². The highest BCUT2D eigenvalue weighted by Gasteiger charge is 2.19. The third-order valence-electron chi connectivity index (χ3n) is 3.05. The van der Waals surface area contributed by atoms with Crippen molar-refractivity contribution >= 4 is 44.4 Å². The van der Waals surface area contributed by atoms with Crippen LogP contribution in [0.4, 0.5) is 0 Å². The average molecular weight is 327 g/mol. The van der Waals surface area contributed by atoms with Gasteiger partial charge in [-0.2, -0.15) is 0 Å². The first-order chi connectivity index (χ1) is 9.60. The molecule has 1 aromatic rings. The molecule has 3 nitrogen and oxygen atoms in total. The fourth-order valence-corrected chi connectivity index (χ4v) is 4.49. The maximum absolute atomic E-state index is 11.3. The highest BCUT2D eigenvalue weighted by molar-refractivity contribution is 7.79. The Kier molecular flexibility index (Phi) is 5.51. The van der Waals surface area contributed by atoms with E-state index >= 15 is 0 Å². The third-order valence-corrected chi connectivity index (χ3v) is 5.99. The summed E-state index contributed by atoms with van der Waals surface area (Å²) in [5.74, 6) is 0.447. The molecular formula is C14H17NO2S3. The molecule has 108 valence electrons. The summed E-state index contributed by atoms with van der Waals surface area (Å²) >= 11 is 5.15. The van der Waals surface area contributed by atoms with Crippen molar-refractivity contribution < 1.29 is 9.53 Å². The highest BCUT2D eigenvalue weighted by Crippen LogP contribution is 2.33. The lowest BCUT2D eigenvalue weighted by atomic mass is 10.0. The van der Waals surface area contributed by atoms with E-state index in [0.29, 0.717) is 6.42 Å². The van der Waals surface area contributed by atoms with Crippen LogP contribution in [-0.4, -0.2) is 12.0 Å². The number of ether oxygens (including phenoxy) is 1. The molecule has 0 saturated heterocycles. The molecule has 0 bridgehead atoms. The van der Waals surface area contributed by atoms with Crippen molar-refractivity contribution in [3.8, 4) is 0 Å². The second-order valence-corrected chi connectivity index (χ2v) is 7.53. The molecule has 0 saturated carbocycles. The van der Waals surface area contributed by atoms with Crippen LogP contribution in [0.1, 0.15) is 37.5 Å². The number of rotatable bonds is 6. The van der Waals surface area contributed by atoms with Crippen LogP contribution in [0.15, 0.2) is 24.0 Å². The fraction of sp³-hybridized carbons (Fsp3) is 0.429. The zero-order valence-electron chi connectivity index (χ0n) is 11.3. The minimum absolute atomic E-state index is 0.390. The normalized spacial score (nSPS) is 16.2. The Balaban J connectivity index is 2.05. The topological polar surface area (TPSA) is 52.3 Å². The molecule has 6 heteroatoms. The van der Waals surface area contributed by atoms with Crippen LogP contribution in [0.5, 0.6) is 0 Å². The summed E-state index contributed by atoms with van der Waals surface area (Å²) in [7, 11) is 3.33. The number of primary amides is 1. The number of hydrogen-bond donors (Lipinski definition) is 1. The number of amides is 1. The molecule has 1 heterocycles. The minimum Gasteiger partial charge on any atom is -0.485 e. The van der Waals surface area contributed by atoms with Crippen LogP contribution in [0.3, 0.4) is 0 Å². The van der Waals surface area contributed by atoms with Gasteiger partial charge in [-0.1, -0.05) is 52.3 Å². The van der Waals surface area contributed by atoms with Gasteiger partial charge in [0.05, 0.1) is 5.76 Å². The number of carbonyl (C=O) groups excluding carboxylic acids is 1. The summed E-state index contributed by atoms with van der Waals surface area (Å²) in [6, 6.07) is 2.04. The Morgan fingerprint density at radius 1 is 1.45 bits per heavy atom. The van der Waals surface area contributed by atoms with Crippen molar-refractivity contribution in [3.05, 3.63) is 32.7 Å². The Bertz CT molecular complexity index is 598. The largest absolute Gasteiger partial charge is 0.485 e. The maximum atomic E-state index is 11.3. The first-order valence-corrected chi connectivity index (χ1v) is 9.12.